The van der Waals surface area contributed by atoms with Gasteiger partial charge in [0.15, 0.2) is 5.76 Å². The van der Waals surface area contributed by atoms with Crippen molar-refractivity contribution < 1.29 is 18.7 Å². The molecule has 0 fully saturated rings. The van der Waals surface area contributed by atoms with Crippen LogP contribution in [0.1, 0.15) is 20.9 Å². The second-order valence-electron chi connectivity index (χ2n) is 3.47. The van der Waals surface area contributed by atoms with Crippen LogP contribution in [0.15, 0.2) is 40.8 Å². The van der Waals surface area contributed by atoms with E-state index in [4.69, 9.17) is 16.0 Å². The highest BCUT2D eigenvalue weighted by Crippen LogP contribution is 2.26. The third kappa shape index (κ3) is 2.28. The summed E-state index contributed by atoms with van der Waals surface area (Å²) >= 11 is 5.31. The summed E-state index contributed by atoms with van der Waals surface area (Å²) < 4.78 is 9.96. The number of furan rings is 1. The van der Waals surface area contributed by atoms with Crippen molar-refractivity contribution in [1.29, 1.82) is 0 Å². The molecule has 2 rings (SSSR count). The number of methoxy groups -OCH3 is 1. The van der Waals surface area contributed by atoms with Gasteiger partial charge in [-0.3, -0.25) is 4.79 Å². The van der Waals surface area contributed by atoms with E-state index in [0.717, 1.165) is 0 Å². The first-order valence-electron chi connectivity index (χ1n) is 5.11. The second-order valence-corrected chi connectivity index (χ2v) is 3.82. The molecule has 1 heterocycles. The van der Waals surface area contributed by atoms with E-state index in [1.807, 2.05) is 0 Å². The Hall–Kier alpha value is -2.07. The summed E-state index contributed by atoms with van der Waals surface area (Å²) in [4.78, 5) is 22.5. The molecule has 1 aromatic heterocycles. The topological polar surface area (TPSA) is 56.5 Å². The van der Waals surface area contributed by atoms with E-state index in [1.54, 1.807) is 30.3 Å². The average Bonchev–Trinajstić information content (AvgIpc) is 2.87. The predicted molar refractivity (Wildman–Crippen MR) is 65.7 cm³/mol. The molecule has 92 valence electrons. The van der Waals surface area contributed by atoms with Crippen LogP contribution in [0.3, 0.4) is 0 Å². The molecule has 0 radical (unpaired) electrons. The molecule has 5 heteroatoms. The van der Waals surface area contributed by atoms with Gasteiger partial charge in [0.25, 0.3) is 5.24 Å². The van der Waals surface area contributed by atoms with Crippen LogP contribution in [-0.4, -0.2) is 18.3 Å². The maximum Gasteiger partial charge on any atom is 0.338 e. The molecule has 2 aromatic rings. The summed E-state index contributed by atoms with van der Waals surface area (Å²) in [6.45, 7) is 0. The number of ether oxygens (including phenoxy) is 1. The number of esters is 1. The number of hydrogen-bond donors (Lipinski definition) is 0. The highest BCUT2D eigenvalue weighted by Gasteiger charge is 2.16. The quantitative estimate of drug-likeness (QED) is 0.631. The van der Waals surface area contributed by atoms with Crippen molar-refractivity contribution in [3.63, 3.8) is 0 Å². The van der Waals surface area contributed by atoms with Gasteiger partial charge < -0.3 is 9.15 Å². The van der Waals surface area contributed by atoms with Gasteiger partial charge in [-0.05, 0) is 29.8 Å². The molecule has 1 aromatic carbocycles. The molecule has 0 unspecified atom stereocenters. The van der Waals surface area contributed by atoms with E-state index in [9.17, 15) is 9.59 Å². The van der Waals surface area contributed by atoms with E-state index >= 15 is 0 Å². The SMILES string of the molecule is COC(=O)c1ccccc1-c1ccc(C(=O)Cl)o1. The zero-order valence-electron chi connectivity index (χ0n) is 9.48. The van der Waals surface area contributed by atoms with Crippen molar-refractivity contribution in [2.45, 2.75) is 0 Å². The van der Waals surface area contributed by atoms with Crippen molar-refractivity contribution >= 4 is 22.8 Å². The summed E-state index contributed by atoms with van der Waals surface area (Å²) in [5.41, 5.74) is 0.913. The van der Waals surface area contributed by atoms with Crippen molar-refractivity contribution in [1.82, 2.24) is 0 Å². The molecule has 18 heavy (non-hydrogen) atoms. The average molecular weight is 265 g/mol. The molecule has 0 aliphatic heterocycles. The minimum absolute atomic E-state index is 0.0336. The van der Waals surface area contributed by atoms with E-state index in [-0.39, 0.29) is 5.76 Å². The monoisotopic (exact) mass is 264 g/mol. The Morgan fingerprint density at radius 2 is 1.89 bits per heavy atom. The first-order valence-corrected chi connectivity index (χ1v) is 5.48. The van der Waals surface area contributed by atoms with E-state index in [1.165, 1.54) is 13.2 Å². The predicted octanol–water partition coefficient (Wildman–Crippen LogP) is 3.11. The Morgan fingerprint density at radius 3 is 2.50 bits per heavy atom. The number of rotatable bonds is 3. The number of halogens is 1. The minimum atomic E-state index is -0.684. The van der Waals surface area contributed by atoms with Crippen molar-refractivity contribution in [2.75, 3.05) is 7.11 Å². The Balaban J connectivity index is 2.49. The van der Waals surface area contributed by atoms with Gasteiger partial charge in [0.05, 0.1) is 12.7 Å². The van der Waals surface area contributed by atoms with Gasteiger partial charge in [0.2, 0.25) is 0 Å². The van der Waals surface area contributed by atoms with Crippen LogP contribution < -0.4 is 0 Å². The molecule has 0 bridgehead atoms. The molecule has 4 nitrogen and oxygen atoms in total. The number of benzene rings is 1. The highest BCUT2D eigenvalue weighted by atomic mass is 35.5. The first-order chi connectivity index (χ1) is 8.63. The molecule has 0 saturated carbocycles. The molecule has 0 N–H and O–H groups in total. The molecule has 0 aliphatic rings. The van der Waals surface area contributed by atoms with Crippen LogP contribution >= 0.6 is 11.6 Å². The second kappa shape index (κ2) is 5.06. The molecule has 0 amide bonds. The fourth-order valence-corrected chi connectivity index (χ4v) is 1.68. The first kappa shape index (κ1) is 12.4. The molecule has 0 aliphatic carbocycles. The maximum atomic E-state index is 11.6. The van der Waals surface area contributed by atoms with Crippen molar-refractivity contribution in [2.24, 2.45) is 0 Å². The lowest BCUT2D eigenvalue weighted by atomic mass is 10.1. The summed E-state index contributed by atoms with van der Waals surface area (Å²) in [7, 11) is 1.30. The van der Waals surface area contributed by atoms with E-state index < -0.39 is 11.2 Å². The molecular formula is C13H9ClO4. The molecule has 0 spiro atoms. The van der Waals surface area contributed by atoms with Gasteiger partial charge in [0.1, 0.15) is 5.76 Å². The maximum absolute atomic E-state index is 11.6. The largest absolute Gasteiger partial charge is 0.465 e. The molecule has 0 saturated heterocycles. The van der Waals surface area contributed by atoms with Crippen molar-refractivity contribution in [3.8, 4) is 11.3 Å². The van der Waals surface area contributed by atoms with Crippen LogP contribution in [-0.2, 0) is 4.74 Å². The van der Waals surface area contributed by atoms with Gasteiger partial charge in [-0.15, -0.1) is 0 Å². The standard InChI is InChI=1S/C13H9ClO4/c1-17-13(16)9-5-3-2-4-8(9)10-6-7-11(18-10)12(14)15/h2-7H,1H3. The van der Waals surface area contributed by atoms with Crippen LogP contribution in [0.25, 0.3) is 11.3 Å². The normalized spacial score (nSPS) is 10.1. The third-order valence-corrected chi connectivity index (χ3v) is 2.58. The van der Waals surface area contributed by atoms with Gasteiger partial charge in [0, 0.05) is 5.56 Å². The van der Waals surface area contributed by atoms with E-state index in [2.05, 4.69) is 4.74 Å². The Bertz CT molecular complexity index is 601. The Morgan fingerprint density at radius 1 is 1.17 bits per heavy atom. The molecular weight excluding hydrogens is 256 g/mol. The third-order valence-electron chi connectivity index (χ3n) is 2.40. The summed E-state index contributed by atoms with van der Waals surface area (Å²) in [6, 6.07) is 9.83. The molecule has 0 atom stereocenters. The smallest absolute Gasteiger partial charge is 0.338 e. The zero-order valence-corrected chi connectivity index (χ0v) is 10.2. The Labute approximate surface area is 108 Å². The summed E-state index contributed by atoms with van der Waals surface area (Å²) in [6.07, 6.45) is 0. The van der Waals surface area contributed by atoms with Gasteiger partial charge in [-0.2, -0.15) is 0 Å². The van der Waals surface area contributed by atoms with Gasteiger partial charge in [-0.25, -0.2) is 4.79 Å². The van der Waals surface area contributed by atoms with Gasteiger partial charge in [-0.1, -0.05) is 18.2 Å². The summed E-state index contributed by atoms with van der Waals surface area (Å²) in [5, 5.41) is -0.684. The van der Waals surface area contributed by atoms with Crippen LogP contribution in [0.4, 0.5) is 0 Å². The fourth-order valence-electron chi connectivity index (χ4n) is 1.57. The number of carbonyl (C=O) groups is 2. The lowest BCUT2D eigenvalue weighted by Crippen LogP contribution is -2.02. The van der Waals surface area contributed by atoms with E-state index in [0.29, 0.717) is 16.9 Å². The van der Waals surface area contributed by atoms with Gasteiger partial charge >= 0.3 is 5.97 Å². The fraction of sp³-hybridized carbons (Fsp3) is 0.0769. The van der Waals surface area contributed by atoms with Crippen molar-refractivity contribution in [3.05, 3.63) is 47.7 Å². The zero-order chi connectivity index (χ0) is 13.1. The lowest BCUT2D eigenvalue weighted by Gasteiger charge is -2.04. The minimum Gasteiger partial charge on any atom is -0.465 e. The lowest BCUT2D eigenvalue weighted by molar-refractivity contribution is 0.0601. The van der Waals surface area contributed by atoms with Crippen LogP contribution in [0.5, 0.6) is 0 Å². The number of carbonyl (C=O) groups excluding carboxylic acids is 2. The van der Waals surface area contributed by atoms with Crippen LogP contribution in [0.2, 0.25) is 0 Å². The van der Waals surface area contributed by atoms with Crippen LogP contribution in [0, 0.1) is 0 Å². The number of hydrogen-bond acceptors (Lipinski definition) is 4. The highest BCUT2D eigenvalue weighted by molar-refractivity contribution is 6.67. The Kier molecular flexibility index (Phi) is 3.48. The summed E-state index contributed by atoms with van der Waals surface area (Å²) in [5.74, 6) is -0.0490.